The van der Waals surface area contributed by atoms with E-state index in [4.69, 9.17) is 14.5 Å². The molecular weight excluding hydrogens is 502 g/mol. The number of ether oxygens (including phenoxy) is 2. The maximum atomic E-state index is 13.9. The third-order valence-electron chi connectivity index (χ3n) is 7.00. The zero-order valence-electron chi connectivity index (χ0n) is 20.7. The van der Waals surface area contributed by atoms with E-state index in [0.717, 1.165) is 35.2 Å². The first kappa shape index (κ1) is 23.9. The quantitative estimate of drug-likeness (QED) is 0.287. The summed E-state index contributed by atoms with van der Waals surface area (Å²) in [6, 6.07) is 19.8. The summed E-state index contributed by atoms with van der Waals surface area (Å²) in [5, 5.41) is 11.0. The molecule has 1 aliphatic carbocycles. The Labute approximate surface area is 221 Å². The molecular formula is C29H23N3O5S. The zero-order chi connectivity index (χ0) is 26.4. The Morgan fingerprint density at radius 2 is 1.79 bits per heavy atom. The van der Waals surface area contributed by atoms with E-state index < -0.39 is 4.92 Å². The van der Waals surface area contributed by atoms with Gasteiger partial charge in [0.2, 0.25) is 0 Å². The van der Waals surface area contributed by atoms with Crippen LogP contribution in [0.15, 0.2) is 82.1 Å². The van der Waals surface area contributed by atoms with Gasteiger partial charge in [-0.25, -0.2) is 4.99 Å². The fourth-order valence-electron chi connectivity index (χ4n) is 5.19. The van der Waals surface area contributed by atoms with E-state index in [0.29, 0.717) is 26.4 Å². The Kier molecular flexibility index (Phi) is 5.92. The number of fused-ring (bicyclic) bond motifs is 3. The fraction of sp³-hybridized carbons (Fsp3) is 0.172. The molecule has 4 aromatic rings. The van der Waals surface area contributed by atoms with Gasteiger partial charge in [0.1, 0.15) is 0 Å². The molecule has 1 aliphatic heterocycles. The number of hydrogen-bond donors (Lipinski definition) is 0. The third kappa shape index (κ3) is 3.92. The van der Waals surface area contributed by atoms with E-state index in [9.17, 15) is 14.9 Å². The van der Waals surface area contributed by atoms with E-state index in [2.05, 4.69) is 12.1 Å². The normalized spacial score (nSPS) is 16.3. The molecule has 9 heteroatoms. The summed E-state index contributed by atoms with van der Waals surface area (Å²) < 4.78 is 13.3. The number of hydrogen-bond acceptors (Lipinski definition) is 7. The molecule has 1 aromatic heterocycles. The van der Waals surface area contributed by atoms with Crippen LogP contribution in [0.4, 0.5) is 5.69 Å². The number of nitrogens with zero attached hydrogens (tertiary/aromatic N) is 3. The summed E-state index contributed by atoms with van der Waals surface area (Å²) in [4.78, 5) is 30.1. The van der Waals surface area contributed by atoms with Crippen molar-refractivity contribution >= 4 is 28.8 Å². The first-order chi connectivity index (χ1) is 18.5. The van der Waals surface area contributed by atoms with Crippen molar-refractivity contribution in [2.75, 3.05) is 14.2 Å². The zero-order valence-corrected chi connectivity index (χ0v) is 21.5. The van der Waals surface area contributed by atoms with E-state index in [1.807, 2.05) is 30.3 Å². The van der Waals surface area contributed by atoms with Crippen LogP contribution in [0.5, 0.6) is 11.5 Å². The van der Waals surface area contributed by atoms with Crippen LogP contribution in [-0.2, 0) is 6.42 Å². The number of aromatic nitrogens is 1. The number of nitro groups is 1. The number of non-ortho nitro benzene ring substituents is 1. The first-order valence-electron chi connectivity index (χ1n) is 12.1. The number of rotatable bonds is 5. The van der Waals surface area contributed by atoms with Crippen LogP contribution in [0.25, 0.3) is 11.8 Å². The second-order valence-corrected chi connectivity index (χ2v) is 10.1. The Morgan fingerprint density at radius 3 is 2.53 bits per heavy atom. The van der Waals surface area contributed by atoms with Gasteiger partial charge in [-0.3, -0.25) is 19.5 Å². The van der Waals surface area contributed by atoms with Gasteiger partial charge in [0.15, 0.2) is 16.3 Å². The smallest absolute Gasteiger partial charge is 0.271 e. The second kappa shape index (κ2) is 9.42. The number of nitro benzene ring substituents is 1. The highest BCUT2D eigenvalue weighted by Gasteiger charge is 2.33. The highest BCUT2D eigenvalue weighted by molar-refractivity contribution is 7.07. The predicted molar refractivity (Wildman–Crippen MR) is 145 cm³/mol. The van der Waals surface area contributed by atoms with Crippen LogP contribution in [0.2, 0.25) is 0 Å². The number of allylic oxidation sites excluding steroid dienone is 1. The minimum Gasteiger partial charge on any atom is -0.493 e. The van der Waals surface area contributed by atoms with Crippen molar-refractivity contribution in [2.24, 2.45) is 4.99 Å². The Balaban J connectivity index is 1.58. The SMILES string of the molecule is COc1ccc(C2C3=C(N=c4sc(=Cc5ccc([N+](=O)[O-])cc5)c(=O)n42)c2ccccc2CC3)cc1OC. The van der Waals surface area contributed by atoms with Crippen LogP contribution in [0.3, 0.4) is 0 Å². The lowest BCUT2D eigenvalue weighted by molar-refractivity contribution is -0.384. The van der Waals surface area contributed by atoms with Crippen molar-refractivity contribution in [2.45, 2.75) is 18.9 Å². The van der Waals surface area contributed by atoms with Crippen molar-refractivity contribution in [1.82, 2.24) is 4.57 Å². The first-order valence-corrected chi connectivity index (χ1v) is 12.9. The maximum absolute atomic E-state index is 13.9. The number of aryl methyl sites for hydroxylation is 1. The van der Waals surface area contributed by atoms with E-state index >= 15 is 0 Å². The Morgan fingerprint density at radius 1 is 1.03 bits per heavy atom. The van der Waals surface area contributed by atoms with Crippen LogP contribution < -0.4 is 24.4 Å². The molecule has 190 valence electrons. The molecule has 1 atom stereocenters. The molecule has 3 aromatic carbocycles. The summed E-state index contributed by atoms with van der Waals surface area (Å²) in [6.45, 7) is 0. The van der Waals surface area contributed by atoms with Crippen molar-refractivity contribution in [3.8, 4) is 11.5 Å². The maximum Gasteiger partial charge on any atom is 0.271 e. The molecule has 2 aliphatic rings. The minimum atomic E-state index is -0.441. The Bertz CT molecular complexity index is 1800. The highest BCUT2D eigenvalue weighted by atomic mass is 32.1. The topological polar surface area (TPSA) is 96.0 Å². The molecule has 0 fully saturated rings. The van der Waals surface area contributed by atoms with Gasteiger partial charge in [-0.1, -0.05) is 41.7 Å². The molecule has 6 rings (SSSR count). The Hall–Kier alpha value is -4.50. The highest BCUT2D eigenvalue weighted by Crippen LogP contribution is 2.42. The molecule has 0 amide bonds. The van der Waals surface area contributed by atoms with Crippen LogP contribution in [-0.4, -0.2) is 23.7 Å². The summed E-state index contributed by atoms with van der Waals surface area (Å²) in [6.07, 6.45) is 3.40. The van der Waals surface area contributed by atoms with Crippen LogP contribution in [0, 0.1) is 10.1 Å². The van der Waals surface area contributed by atoms with Gasteiger partial charge in [0.25, 0.3) is 11.2 Å². The largest absolute Gasteiger partial charge is 0.493 e. The molecule has 0 bridgehead atoms. The summed E-state index contributed by atoms with van der Waals surface area (Å²) in [5.41, 5.74) is 5.80. The van der Waals surface area contributed by atoms with E-state index in [1.165, 1.54) is 29.0 Å². The lowest BCUT2D eigenvalue weighted by Crippen LogP contribution is -2.38. The second-order valence-electron chi connectivity index (χ2n) is 9.08. The molecule has 38 heavy (non-hydrogen) atoms. The summed E-state index contributed by atoms with van der Waals surface area (Å²) in [5.74, 6) is 1.21. The fourth-order valence-corrected chi connectivity index (χ4v) is 6.19. The predicted octanol–water partition coefficient (Wildman–Crippen LogP) is 4.24. The standard InChI is InChI=1S/C29H23N3O5S/c1-36-23-14-10-19(16-24(23)37-2)27-22-13-9-18-5-3-4-6-21(18)26(22)30-29-31(27)28(33)25(38-29)15-17-7-11-20(12-8-17)32(34)35/h3-8,10-12,14-16,27H,9,13H2,1-2H3. The lowest BCUT2D eigenvalue weighted by atomic mass is 9.83. The summed E-state index contributed by atoms with van der Waals surface area (Å²) in [7, 11) is 3.19. The molecule has 0 spiro atoms. The lowest BCUT2D eigenvalue weighted by Gasteiger charge is -2.31. The van der Waals surface area contributed by atoms with E-state index in [1.54, 1.807) is 37.0 Å². The molecule has 0 saturated heterocycles. The molecule has 0 N–H and O–H groups in total. The average molecular weight is 526 g/mol. The molecule has 2 heterocycles. The third-order valence-corrected chi connectivity index (χ3v) is 7.98. The van der Waals surface area contributed by atoms with E-state index in [-0.39, 0.29) is 17.3 Å². The monoisotopic (exact) mass is 525 g/mol. The van der Waals surface area contributed by atoms with Gasteiger partial charge in [-0.15, -0.1) is 0 Å². The van der Waals surface area contributed by atoms with Crippen molar-refractivity contribution in [3.63, 3.8) is 0 Å². The molecule has 0 radical (unpaired) electrons. The van der Waals surface area contributed by atoms with Gasteiger partial charge in [-0.2, -0.15) is 0 Å². The molecule has 8 nitrogen and oxygen atoms in total. The van der Waals surface area contributed by atoms with Gasteiger partial charge in [0.05, 0.1) is 35.4 Å². The van der Waals surface area contributed by atoms with Gasteiger partial charge < -0.3 is 9.47 Å². The molecule has 0 saturated carbocycles. The van der Waals surface area contributed by atoms with Crippen molar-refractivity contribution in [3.05, 3.63) is 124 Å². The van der Waals surface area contributed by atoms with Gasteiger partial charge in [0, 0.05) is 17.7 Å². The average Bonchev–Trinajstić information content (AvgIpc) is 3.25. The van der Waals surface area contributed by atoms with Crippen molar-refractivity contribution in [1.29, 1.82) is 0 Å². The van der Waals surface area contributed by atoms with Crippen LogP contribution in [0.1, 0.15) is 34.7 Å². The number of methoxy groups -OCH3 is 2. The minimum absolute atomic E-state index is 0.00315. The summed E-state index contributed by atoms with van der Waals surface area (Å²) >= 11 is 1.32. The van der Waals surface area contributed by atoms with Crippen LogP contribution >= 0.6 is 11.3 Å². The molecule has 1 unspecified atom stereocenters. The number of benzene rings is 3. The van der Waals surface area contributed by atoms with Gasteiger partial charge >= 0.3 is 0 Å². The van der Waals surface area contributed by atoms with Crippen molar-refractivity contribution < 1.29 is 14.4 Å². The number of thiazole rings is 1. The van der Waals surface area contributed by atoms with Gasteiger partial charge in [-0.05, 0) is 65.4 Å².